The summed E-state index contributed by atoms with van der Waals surface area (Å²) in [5.74, 6) is -1.10. The smallest absolute Gasteiger partial charge is 0.329 e. The maximum Gasteiger partial charge on any atom is 0.329 e. The van der Waals surface area contributed by atoms with Crippen LogP contribution in [0.2, 0.25) is 0 Å². The fourth-order valence-corrected chi connectivity index (χ4v) is 6.19. The van der Waals surface area contributed by atoms with E-state index in [2.05, 4.69) is 26.1 Å². The van der Waals surface area contributed by atoms with Crippen LogP contribution in [-0.4, -0.2) is 57.6 Å². The lowest BCUT2D eigenvalue weighted by Crippen LogP contribution is -2.51. The number of esters is 1. The number of ether oxygens (including phenoxy) is 1. The number of nitrogens with zero attached hydrogens (tertiary/aromatic N) is 1. The third kappa shape index (κ3) is 4.50. The van der Waals surface area contributed by atoms with Gasteiger partial charge < -0.3 is 25.2 Å². The molecule has 3 aliphatic rings. The van der Waals surface area contributed by atoms with E-state index in [-0.39, 0.29) is 40.3 Å². The van der Waals surface area contributed by atoms with Gasteiger partial charge in [0.2, 0.25) is 11.8 Å². The average molecular weight is 485 g/mol. The van der Waals surface area contributed by atoms with Crippen LogP contribution in [0.15, 0.2) is 24.3 Å². The van der Waals surface area contributed by atoms with Gasteiger partial charge in [0.1, 0.15) is 18.2 Å². The summed E-state index contributed by atoms with van der Waals surface area (Å²) >= 11 is 0. The van der Waals surface area contributed by atoms with E-state index in [1.54, 1.807) is 13.0 Å². The zero-order chi connectivity index (χ0) is 25.5. The van der Waals surface area contributed by atoms with Gasteiger partial charge in [-0.15, -0.1) is 0 Å². The standard InChI is InChI=1S/C27H36N2O6/c1-16(28-23(32)10-8-17-7-9-20(30)21(31)14-17)24(33)29-13-5-6-19(29)25(34)35-22-15-18-11-12-27(22,4)26(18,2)3/h7-10,14,16,18-19,22,30-31H,5-6,11-13,15H2,1-4H3,(H,28,32)/b10-8+. The van der Waals surface area contributed by atoms with Crippen LogP contribution < -0.4 is 5.32 Å². The van der Waals surface area contributed by atoms with Crippen LogP contribution in [0, 0.1) is 16.7 Å². The number of benzene rings is 1. The summed E-state index contributed by atoms with van der Waals surface area (Å²) in [6.45, 7) is 8.82. The number of carbonyl (C=O) groups excluding carboxylic acids is 3. The molecule has 0 radical (unpaired) electrons. The minimum atomic E-state index is -0.812. The molecule has 8 heteroatoms. The number of phenolic OH excluding ortho intramolecular Hbond substituents is 2. The number of nitrogens with one attached hydrogen (secondary N) is 1. The summed E-state index contributed by atoms with van der Waals surface area (Å²) in [5, 5.41) is 21.6. The number of carbonyl (C=O) groups is 3. The zero-order valence-corrected chi connectivity index (χ0v) is 20.9. The second-order valence-electron chi connectivity index (χ2n) is 11.0. The largest absolute Gasteiger partial charge is 0.504 e. The Morgan fingerprint density at radius 1 is 1.17 bits per heavy atom. The van der Waals surface area contributed by atoms with Gasteiger partial charge in [-0.1, -0.05) is 26.8 Å². The number of rotatable bonds is 6. The van der Waals surface area contributed by atoms with E-state index in [0.29, 0.717) is 30.9 Å². The van der Waals surface area contributed by atoms with E-state index in [1.807, 2.05) is 0 Å². The van der Waals surface area contributed by atoms with Crippen molar-refractivity contribution < 1.29 is 29.3 Å². The first-order valence-electron chi connectivity index (χ1n) is 12.5. The molecule has 5 unspecified atom stereocenters. The quantitative estimate of drug-likeness (QED) is 0.324. The molecular formula is C27H36N2O6. The number of hydrogen-bond donors (Lipinski definition) is 3. The van der Waals surface area contributed by atoms with Crippen molar-refractivity contribution in [1.29, 1.82) is 0 Å². The molecule has 0 spiro atoms. The van der Waals surface area contributed by atoms with Gasteiger partial charge in [-0.2, -0.15) is 0 Å². The minimum Gasteiger partial charge on any atom is -0.504 e. The second-order valence-corrected chi connectivity index (χ2v) is 11.0. The lowest BCUT2D eigenvalue weighted by molar-refractivity contribution is -0.165. The van der Waals surface area contributed by atoms with Crippen LogP contribution in [0.4, 0.5) is 0 Å². The first kappa shape index (κ1) is 25.1. The highest BCUT2D eigenvalue weighted by Gasteiger charge is 2.63. The van der Waals surface area contributed by atoms with E-state index < -0.39 is 18.0 Å². The molecule has 5 atom stereocenters. The lowest BCUT2D eigenvalue weighted by Gasteiger charge is -2.39. The summed E-state index contributed by atoms with van der Waals surface area (Å²) in [7, 11) is 0. The van der Waals surface area contributed by atoms with Crippen LogP contribution in [0.5, 0.6) is 11.5 Å². The van der Waals surface area contributed by atoms with Crippen molar-refractivity contribution in [2.45, 2.75) is 78.0 Å². The number of hydrogen-bond acceptors (Lipinski definition) is 6. The summed E-state index contributed by atoms with van der Waals surface area (Å²) in [6, 6.07) is 2.76. The predicted octanol–water partition coefficient (Wildman–Crippen LogP) is 3.36. The van der Waals surface area contributed by atoms with Crippen LogP contribution in [0.25, 0.3) is 6.08 Å². The summed E-state index contributed by atoms with van der Waals surface area (Å²) in [5.41, 5.74) is 0.617. The molecule has 2 aliphatic carbocycles. The Kier molecular flexibility index (Phi) is 6.60. The summed E-state index contributed by atoms with van der Waals surface area (Å²) in [6.07, 6.45) is 6.98. The van der Waals surface area contributed by atoms with Crippen molar-refractivity contribution in [3.05, 3.63) is 29.8 Å². The molecule has 3 N–H and O–H groups in total. The Hall–Kier alpha value is -3.03. The highest BCUT2D eigenvalue weighted by Crippen LogP contribution is 2.66. The Labute approximate surface area is 206 Å². The highest BCUT2D eigenvalue weighted by molar-refractivity contribution is 5.96. The first-order chi connectivity index (χ1) is 16.4. The van der Waals surface area contributed by atoms with E-state index in [0.717, 1.165) is 12.8 Å². The van der Waals surface area contributed by atoms with Gasteiger partial charge in [0, 0.05) is 18.0 Å². The Bertz CT molecular complexity index is 1050. The molecule has 2 bridgehead atoms. The molecule has 3 fully saturated rings. The molecule has 1 heterocycles. The van der Waals surface area contributed by atoms with Crippen LogP contribution in [0.1, 0.15) is 65.4 Å². The minimum absolute atomic E-state index is 0.0390. The van der Waals surface area contributed by atoms with E-state index >= 15 is 0 Å². The number of fused-ring (bicyclic) bond motifs is 2. The molecular weight excluding hydrogens is 448 g/mol. The third-order valence-electron chi connectivity index (χ3n) is 8.94. The van der Waals surface area contributed by atoms with Crippen LogP contribution in [-0.2, 0) is 19.1 Å². The summed E-state index contributed by atoms with van der Waals surface area (Å²) < 4.78 is 6.05. The van der Waals surface area contributed by atoms with Gasteiger partial charge in [0.05, 0.1) is 0 Å². The van der Waals surface area contributed by atoms with E-state index in [1.165, 1.54) is 35.6 Å². The number of amides is 2. The topological polar surface area (TPSA) is 116 Å². The Balaban J connectivity index is 1.34. The molecule has 4 rings (SSSR count). The number of likely N-dealkylation sites (tertiary alicyclic amines) is 1. The Morgan fingerprint density at radius 2 is 1.91 bits per heavy atom. The van der Waals surface area contributed by atoms with Gasteiger partial charge in [-0.3, -0.25) is 9.59 Å². The van der Waals surface area contributed by atoms with E-state index in [4.69, 9.17) is 4.74 Å². The molecule has 1 aliphatic heterocycles. The van der Waals surface area contributed by atoms with Gasteiger partial charge >= 0.3 is 5.97 Å². The first-order valence-corrected chi connectivity index (χ1v) is 12.5. The second kappa shape index (κ2) is 9.21. The highest BCUT2D eigenvalue weighted by atomic mass is 16.5. The van der Waals surface area contributed by atoms with Crippen molar-refractivity contribution >= 4 is 23.9 Å². The number of phenols is 2. The fraction of sp³-hybridized carbons (Fsp3) is 0.593. The van der Waals surface area contributed by atoms with Crippen molar-refractivity contribution in [2.24, 2.45) is 16.7 Å². The molecule has 8 nitrogen and oxygen atoms in total. The third-order valence-corrected chi connectivity index (χ3v) is 8.94. The molecule has 35 heavy (non-hydrogen) atoms. The van der Waals surface area contributed by atoms with Crippen molar-refractivity contribution in [1.82, 2.24) is 10.2 Å². The van der Waals surface area contributed by atoms with Crippen LogP contribution >= 0.6 is 0 Å². The van der Waals surface area contributed by atoms with Gasteiger partial charge in [-0.25, -0.2) is 4.79 Å². The molecule has 1 saturated heterocycles. The molecule has 2 saturated carbocycles. The van der Waals surface area contributed by atoms with Gasteiger partial charge in [0.15, 0.2) is 11.5 Å². The zero-order valence-electron chi connectivity index (χ0n) is 20.9. The molecule has 1 aromatic carbocycles. The van der Waals surface area contributed by atoms with E-state index in [9.17, 15) is 24.6 Å². The SMILES string of the molecule is CC(NC(=O)/C=C/c1ccc(O)c(O)c1)C(=O)N1CCCC1C(=O)OC1CC2CCC1(C)C2(C)C. The molecule has 0 aromatic heterocycles. The van der Waals surface area contributed by atoms with Gasteiger partial charge in [0.25, 0.3) is 0 Å². The number of aromatic hydroxyl groups is 2. The molecule has 1 aromatic rings. The molecule has 2 amide bonds. The Morgan fingerprint density at radius 3 is 2.54 bits per heavy atom. The van der Waals surface area contributed by atoms with Crippen molar-refractivity contribution in [3.63, 3.8) is 0 Å². The van der Waals surface area contributed by atoms with Gasteiger partial charge in [-0.05, 0) is 74.1 Å². The normalized spacial score (nSPS) is 29.9. The predicted molar refractivity (Wildman–Crippen MR) is 130 cm³/mol. The maximum absolute atomic E-state index is 13.1. The average Bonchev–Trinajstić information content (AvgIpc) is 3.43. The summed E-state index contributed by atoms with van der Waals surface area (Å²) in [4.78, 5) is 40.1. The van der Waals surface area contributed by atoms with Crippen LogP contribution in [0.3, 0.4) is 0 Å². The lowest BCUT2D eigenvalue weighted by atomic mass is 9.70. The monoisotopic (exact) mass is 484 g/mol. The van der Waals surface area contributed by atoms with Crippen molar-refractivity contribution in [3.8, 4) is 11.5 Å². The maximum atomic E-state index is 13.1. The fourth-order valence-electron chi connectivity index (χ4n) is 6.19. The molecule has 190 valence electrons. The van der Waals surface area contributed by atoms with Crippen molar-refractivity contribution in [2.75, 3.05) is 6.54 Å².